The van der Waals surface area contributed by atoms with Crippen LogP contribution in [0.2, 0.25) is 0 Å². The van der Waals surface area contributed by atoms with Gasteiger partial charge in [0.15, 0.2) is 17.5 Å². The van der Waals surface area contributed by atoms with Gasteiger partial charge in [0.2, 0.25) is 0 Å². The third-order valence-corrected chi connectivity index (χ3v) is 2.09. The van der Waals surface area contributed by atoms with Gasteiger partial charge in [-0.25, -0.2) is 13.2 Å². The standard InChI is InChI=1S/C12H7F3.H2O/c13-10-6-9(7-11(14)12(10)15)8-4-2-1-3-5-8;/h1-7H;1H2. The number of hydrogen-bond acceptors (Lipinski definition) is 0. The minimum atomic E-state index is -1.44. The molecule has 0 aliphatic rings. The van der Waals surface area contributed by atoms with Crippen LogP contribution < -0.4 is 0 Å². The van der Waals surface area contributed by atoms with E-state index in [0.717, 1.165) is 12.1 Å². The minimum absolute atomic E-state index is 0. The molecule has 0 amide bonds. The molecule has 0 saturated heterocycles. The summed E-state index contributed by atoms with van der Waals surface area (Å²) in [4.78, 5) is 0. The monoisotopic (exact) mass is 226 g/mol. The zero-order valence-electron chi connectivity index (χ0n) is 8.18. The van der Waals surface area contributed by atoms with Gasteiger partial charge < -0.3 is 5.48 Å². The first-order valence-corrected chi connectivity index (χ1v) is 4.38. The second kappa shape index (κ2) is 4.81. The van der Waals surface area contributed by atoms with Gasteiger partial charge in [0.25, 0.3) is 0 Å². The molecule has 0 radical (unpaired) electrons. The molecule has 84 valence electrons. The Labute approximate surface area is 90.5 Å². The molecule has 4 heteroatoms. The maximum absolute atomic E-state index is 12.9. The number of rotatable bonds is 1. The molecule has 2 aromatic rings. The molecule has 0 spiro atoms. The average Bonchev–Trinajstić information content (AvgIpc) is 2.26. The summed E-state index contributed by atoms with van der Waals surface area (Å²) in [6.07, 6.45) is 0. The van der Waals surface area contributed by atoms with Gasteiger partial charge in [0.1, 0.15) is 0 Å². The summed E-state index contributed by atoms with van der Waals surface area (Å²) in [6, 6.07) is 10.6. The van der Waals surface area contributed by atoms with Crippen LogP contribution in [0.25, 0.3) is 11.1 Å². The highest BCUT2D eigenvalue weighted by atomic mass is 19.2. The van der Waals surface area contributed by atoms with E-state index in [4.69, 9.17) is 0 Å². The lowest BCUT2D eigenvalue weighted by Crippen LogP contribution is -1.91. The van der Waals surface area contributed by atoms with Crippen molar-refractivity contribution in [1.29, 1.82) is 0 Å². The Kier molecular flexibility index (Phi) is 3.68. The molecule has 0 fully saturated rings. The van der Waals surface area contributed by atoms with Crippen molar-refractivity contribution in [3.05, 3.63) is 59.9 Å². The molecule has 16 heavy (non-hydrogen) atoms. The SMILES string of the molecule is Fc1cc(-c2ccccc2)cc(F)c1F.O. The summed E-state index contributed by atoms with van der Waals surface area (Å²) in [7, 11) is 0. The van der Waals surface area contributed by atoms with E-state index in [2.05, 4.69) is 0 Å². The van der Waals surface area contributed by atoms with E-state index >= 15 is 0 Å². The zero-order chi connectivity index (χ0) is 10.8. The van der Waals surface area contributed by atoms with Crippen molar-refractivity contribution in [3.8, 4) is 11.1 Å². The molecule has 0 bridgehead atoms. The van der Waals surface area contributed by atoms with Crippen LogP contribution in [0.15, 0.2) is 42.5 Å². The Balaban J connectivity index is 0.00000128. The van der Waals surface area contributed by atoms with E-state index in [1.807, 2.05) is 0 Å². The molecular weight excluding hydrogens is 217 g/mol. The first kappa shape index (κ1) is 12.3. The van der Waals surface area contributed by atoms with Crippen LogP contribution in [0.1, 0.15) is 0 Å². The Morgan fingerprint density at radius 3 is 1.69 bits per heavy atom. The van der Waals surface area contributed by atoms with Gasteiger partial charge in [-0.05, 0) is 23.3 Å². The molecule has 0 aromatic heterocycles. The molecule has 2 rings (SSSR count). The molecule has 0 saturated carbocycles. The first-order chi connectivity index (χ1) is 7.18. The lowest BCUT2D eigenvalue weighted by Gasteiger charge is -2.02. The maximum atomic E-state index is 12.9. The van der Waals surface area contributed by atoms with Crippen LogP contribution >= 0.6 is 0 Å². The van der Waals surface area contributed by atoms with Crippen LogP contribution in [0, 0.1) is 17.5 Å². The number of hydrogen-bond donors (Lipinski definition) is 0. The first-order valence-electron chi connectivity index (χ1n) is 4.38. The zero-order valence-corrected chi connectivity index (χ0v) is 8.18. The van der Waals surface area contributed by atoms with Crippen molar-refractivity contribution in [2.75, 3.05) is 0 Å². The van der Waals surface area contributed by atoms with Crippen molar-refractivity contribution in [3.63, 3.8) is 0 Å². The summed E-state index contributed by atoms with van der Waals surface area (Å²) < 4.78 is 38.5. The van der Waals surface area contributed by atoms with E-state index in [0.29, 0.717) is 11.1 Å². The highest BCUT2D eigenvalue weighted by Crippen LogP contribution is 2.23. The smallest absolute Gasteiger partial charge is 0.194 e. The summed E-state index contributed by atoms with van der Waals surface area (Å²) >= 11 is 0. The largest absolute Gasteiger partial charge is 0.412 e. The van der Waals surface area contributed by atoms with Gasteiger partial charge in [-0.2, -0.15) is 0 Å². The van der Waals surface area contributed by atoms with Crippen molar-refractivity contribution >= 4 is 0 Å². The third kappa shape index (κ3) is 2.23. The predicted molar refractivity (Wildman–Crippen MR) is 55.4 cm³/mol. The highest BCUT2D eigenvalue weighted by Gasteiger charge is 2.10. The summed E-state index contributed by atoms with van der Waals surface area (Å²) in [6.45, 7) is 0. The topological polar surface area (TPSA) is 31.5 Å². The normalized spacial score (nSPS) is 9.69. The van der Waals surface area contributed by atoms with Crippen molar-refractivity contribution in [2.45, 2.75) is 0 Å². The van der Waals surface area contributed by atoms with E-state index in [-0.39, 0.29) is 5.48 Å². The summed E-state index contributed by atoms with van der Waals surface area (Å²) in [5.74, 6) is -3.78. The minimum Gasteiger partial charge on any atom is -0.412 e. The molecular formula is C12H9F3O. The van der Waals surface area contributed by atoms with Crippen LogP contribution in [-0.2, 0) is 0 Å². The molecule has 2 N–H and O–H groups in total. The van der Waals surface area contributed by atoms with Crippen LogP contribution in [0.3, 0.4) is 0 Å². The molecule has 2 aromatic carbocycles. The van der Waals surface area contributed by atoms with Gasteiger partial charge in [-0.3, -0.25) is 0 Å². The lowest BCUT2D eigenvalue weighted by molar-refractivity contribution is 0.448. The second-order valence-electron chi connectivity index (χ2n) is 3.12. The van der Waals surface area contributed by atoms with E-state index in [9.17, 15) is 13.2 Å². The van der Waals surface area contributed by atoms with Gasteiger partial charge in [0, 0.05) is 0 Å². The molecule has 1 nitrogen and oxygen atoms in total. The van der Waals surface area contributed by atoms with Gasteiger partial charge in [-0.15, -0.1) is 0 Å². The van der Waals surface area contributed by atoms with Crippen LogP contribution in [0.5, 0.6) is 0 Å². The Morgan fingerprint density at radius 2 is 1.19 bits per heavy atom. The van der Waals surface area contributed by atoms with Gasteiger partial charge in [-0.1, -0.05) is 30.3 Å². The van der Waals surface area contributed by atoms with Gasteiger partial charge >= 0.3 is 0 Å². The van der Waals surface area contributed by atoms with Crippen molar-refractivity contribution in [1.82, 2.24) is 0 Å². The van der Waals surface area contributed by atoms with E-state index in [1.54, 1.807) is 30.3 Å². The van der Waals surface area contributed by atoms with Crippen LogP contribution in [0.4, 0.5) is 13.2 Å². The second-order valence-corrected chi connectivity index (χ2v) is 3.12. The number of benzene rings is 2. The quantitative estimate of drug-likeness (QED) is 0.669. The predicted octanol–water partition coefficient (Wildman–Crippen LogP) is 2.95. The van der Waals surface area contributed by atoms with Crippen LogP contribution in [-0.4, -0.2) is 5.48 Å². The summed E-state index contributed by atoms with van der Waals surface area (Å²) in [5.41, 5.74) is 0.974. The fourth-order valence-electron chi connectivity index (χ4n) is 1.35. The maximum Gasteiger partial charge on any atom is 0.194 e. The van der Waals surface area contributed by atoms with Gasteiger partial charge in [0.05, 0.1) is 0 Å². The van der Waals surface area contributed by atoms with E-state index in [1.165, 1.54) is 0 Å². The van der Waals surface area contributed by atoms with Crippen molar-refractivity contribution < 1.29 is 18.6 Å². The number of halogens is 3. The Hall–Kier alpha value is -1.81. The third-order valence-electron chi connectivity index (χ3n) is 2.09. The van der Waals surface area contributed by atoms with E-state index < -0.39 is 17.5 Å². The Bertz CT molecular complexity index is 460. The molecule has 0 aliphatic carbocycles. The fourth-order valence-corrected chi connectivity index (χ4v) is 1.35. The molecule has 0 unspecified atom stereocenters. The summed E-state index contributed by atoms with van der Waals surface area (Å²) in [5, 5.41) is 0. The van der Waals surface area contributed by atoms with Crippen molar-refractivity contribution in [2.24, 2.45) is 0 Å². The molecule has 0 heterocycles. The lowest BCUT2D eigenvalue weighted by atomic mass is 10.1. The molecule has 0 atom stereocenters. The molecule has 0 aliphatic heterocycles. The average molecular weight is 226 g/mol. The fraction of sp³-hybridized carbons (Fsp3) is 0. The Morgan fingerprint density at radius 1 is 0.688 bits per heavy atom. The highest BCUT2D eigenvalue weighted by molar-refractivity contribution is 5.63.